The number of rotatable bonds is 6. The SMILES string of the molecule is C=CC(O)C(=O)[C@@H](O)[C@H](O)[C@H](O)CO. The van der Waals surface area contributed by atoms with Crippen LogP contribution in [0.2, 0.25) is 0 Å². The van der Waals surface area contributed by atoms with Crippen LogP contribution in [-0.4, -0.2) is 62.3 Å². The maximum atomic E-state index is 11.0. The van der Waals surface area contributed by atoms with E-state index in [0.29, 0.717) is 0 Å². The Balaban J connectivity index is 4.37. The molecule has 6 nitrogen and oxygen atoms in total. The highest BCUT2D eigenvalue weighted by Crippen LogP contribution is 2.04. The van der Waals surface area contributed by atoms with Gasteiger partial charge < -0.3 is 25.5 Å². The largest absolute Gasteiger partial charge is 0.394 e. The summed E-state index contributed by atoms with van der Waals surface area (Å²) in [4.78, 5) is 11.0. The molecule has 0 saturated heterocycles. The molecule has 0 saturated carbocycles. The molecule has 0 bridgehead atoms. The zero-order valence-electron chi connectivity index (χ0n) is 7.45. The lowest BCUT2D eigenvalue weighted by molar-refractivity contribution is -0.146. The van der Waals surface area contributed by atoms with Crippen LogP contribution in [0.4, 0.5) is 0 Å². The van der Waals surface area contributed by atoms with Gasteiger partial charge in [-0.25, -0.2) is 0 Å². The van der Waals surface area contributed by atoms with Crippen molar-refractivity contribution in [1.29, 1.82) is 0 Å². The summed E-state index contributed by atoms with van der Waals surface area (Å²) in [6.07, 6.45) is -6.15. The van der Waals surface area contributed by atoms with E-state index in [9.17, 15) is 4.79 Å². The van der Waals surface area contributed by atoms with Crippen LogP contribution in [0, 0.1) is 0 Å². The summed E-state index contributed by atoms with van der Waals surface area (Å²) in [5.74, 6) is -1.08. The highest BCUT2D eigenvalue weighted by atomic mass is 16.4. The summed E-state index contributed by atoms with van der Waals surface area (Å²) >= 11 is 0. The number of ketones is 1. The summed E-state index contributed by atoms with van der Waals surface area (Å²) < 4.78 is 0. The molecule has 4 atom stereocenters. The van der Waals surface area contributed by atoms with Crippen molar-refractivity contribution in [2.24, 2.45) is 0 Å². The first-order valence-corrected chi connectivity index (χ1v) is 3.95. The predicted octanol–water partition coefficient (Wildman–Crippen LogP) is -2.82. The number of hydrogen-bond acceptors (Lipinski definition) is 6. The van der Waals surface area contributed by atoms with Gasteiger partial charge in [-0.2, -0.15) is 0 Å². The molecule has 0 aliphatic carbocycles. The molecule has 0 amide bonds. The van der Waals surface area contributed by atoms with E-state index in [1.54, 1.807) is 0 Å². The number of Topliss-reactive ketones (excluding diaryl/α,β-unsaturated/α-hetero) is 1. The van der Waals surface area contributed by atoms with Crippen LogP contribution in [0.3, 0.4) is 0 Å². The van der Waals surface area contributed by atoms with Crippen LogP contribution in [0.5, 0.6) is 0 Å². The lowest BCUT2D eigenvalue weighted by Crippen LogP contribution is -2.46. The Hall–Kier alpha value is -0.790. The second kappa shape index (κ2) is 5.84. The first-order chi connectivity index (χ1) is 6.45. The molecule has 0 aliphatic rings. The average Bonchev–Trinajstić information content (AvgIpc) is 2.23. The molecule has 0 aromatic rings. The number of aliphatic hydroxyl groups is 5. The van der Waals surface area contributed by atoms with Crippen molar-refractivity contribution in [3.63, 3.8) is 0 Å². The first-order valence-electron chi connectivity index (χ1n) is 3.95. The summed E-state index contributed by atoms with van der Waals surface area (Å²) in [5.41, 5.74) is 0. The molecular formula is C8H14O6. The third-order valence-corrected chi connectivity index (χ3v) is 1.71. The Bertz CT molecular complexity index is 204. The zero-order valence-corrected chi connectivity index (χ0v) is 7.45. The fourth-order valence-electron chi connectivity index (χ4n) is 0.778. The van der Waals surface area contributed by atoms with E-state index in [1.165, 1.54) is 0 Å². The van der Waals surface area contributed by atoms with Crippen LogP contribution in [0.15, 0.2) is 12.7 Å². The Morgan fingerprint density at radius 1 is 1.29 bits per heavy atom. The normalized spacial score (nSPS) is 19.5. The molecule has 14 heavy (non-hydrogen) atoms. The average molecular weight is 206 g/mol. The minimum Gasteiger partial charge on any atom is -0.394 e. The van der Waals surface area contributed by atoms with Crippen LogP contribution >= 0.6 is 0 Å². The van der Waals surface area contributed by atoms with Gasteiger partial charge in [0.05, 0.1) is 6.61 Å². The second-order valence-electron chi connectivity index (χ2n) is 2.77. The van der Waals surface area contributed by atoms with Gasteiger partial charge in [0.1, 0.15) is 24.4 Å². The van der Waals surface area contributed by atoms with Crippen molar-refractivity contribution in [1.82, 2.24) is 0 Å². The van der Waals surface area contributed by atoms with E-state index in [0.717, 1.165) is 6.08 Å². The van der Waals surface area contributed by atoms with E-state index >= 15 is 0 Å². The van der Waals surface area contributed by atoms with Crippen molar-refractivity contribution < 1.29 is 30.3 Å². The van der Waals surface area contributed by atoms with Gasteiger partial charge >= 0.3 is 0 Å². The second-order valence-corrected chi connectivity index (χ2v) is 2.77. The molecular weight excluding hydrogens is 192 g/mol. The smallest absolute Gasteiger partial charge is 0.196 e. The standard InChI is InChI=1S/C8H14O6/c1-2-4(10)6(12)8(14)7(13)5(11)3-9/h2,4-5,7-11,13-14H,1,3H2/t4?,5-,7-,8-/m1/s1. The van der Waals surface area contributed by atoms with E-state index in [1.807, 2.05) is 0 Å². The topological polar surface area (TPSA) is 118 Å². The molecule has 0 spiro atoms. The summed E-state index contributed by atoms with van der Waals surface area (Å²) in [6.45, 7) is 2.32. The molecule has 0 radical (unpaired) electrons. The molecule has 5 N–H and O–H groups in total. The van der Waals surface area contributed by atoms with Crippen LogP contribution in [-0.2, 0) is 4.79 Å². The number of carbonyl (C=O) groups excluding carboxylic acids is 1. The molecule has 82 valence electrons. The Kier molecular flexibility index (Phi) is 5.51. The monoisotopic (exact) mass is 206 g/mol. The summed E-state index contributed by atoms with van der Waals surface area (Å²) in [6, 6.07) is 0. The van der Waals surface area contributed by atoms with Gasteiger partial charge in [-0.1, -0.05) is 6.08 Å². The molecule has 1 unspecified atom stereocenters. The van der Waals surface area contributed by atoms with Crippen LogP contribution in [0.25, 0.3) is 0 Å². The van der Waals surface area contributed by atoms with Gasteiger partial charge in [0.25, 0.3) is 0 Å². The van der Waals surface area contributed by atoms with E-state index < -0.39 is 36.8 Å². The van der Waals surface area contributed by atoms with Crippen molar-refractivity contribution in [3.8, 4) is 0 Å². The number of aliphatic hydroxyl groups excluding tert-OH is 5. The fourth-order valence-corrected chi connectivity index (χ4v) is 0.778. The van der Waals surface area contributed by atoms with E-state index in [2.05, 4.69) is 6.58 Å². The maximum Gasteiger partial charge on any atom is 0.196 e. The van der Waals surface area contributed by atoms with Gasteiger partial charge in [0, 0.05) is 0 Å². The molecule has 0 aromatic heterocycles. The first kappa shape index (κ1) is 13.2. The molecule has 0 fully saturated rings. The fraction of sp³-hybridized carbons (Fsp3) is 0.625. The van der Waals surface area contributed by atoms with Crippen molar-refractivity contribution in [2.45, 2.75) is 24.4 Å². The van der Waals surface area contributed by atoms with E-state index in [-0.39, 0.29) is 0 Å². The van der Waals surface area contributed by atoms with Crippen LogP contribution < -0.4 is 0 Å². The third kappa shape index (κ3) is 3.17. The molecule has 0 rings (SSSR count). The minimum atomic E-state index is -1.95. The zero-order chi connectivity index (χ0) is 11.3. The van der Waals surface area contributed by atoms with Gasteiger partial charge in [-0.3, -0.25) is 4.79 Å². The molecule has 0 aromatic carbocycles. The molecule has 0 aliphatic heterocycles. The van der Waals surface area contributed by atoms with Crippen molar-refractivity contribution in [2.75, 3.05) is 6.61 Å². The maximum absolute atomic E-state index is 11.0. The van der Waals surface area contributed by atoms with Crippen molar-refractivity contribution >= 4 is 5.78 Å². The van der Waals surface area contributed by atoms with Gasteiger partial charge in [0.15, 0.2) is 5.78 Å². The van der Waals surface area contributed by atoms with E-state index in [4.69, 9.17) is 25.5 Å². The molecule has 0 heterocycles. The Morgan fingerprint density at radius 3 is 2.14 bits per heavy atom. The third-order valence-electron chi connectivity index (χ3n) is 1.71. The highest BCUT2D eigenvalue weighted by molar-refractivity contribution is 5.89. The predicted molar refractivity (Wildman–Crippen MR) is 46.3 cm³/mol. The van der Waals surface area contributed by atoms with Gasteiger partial charge in [-0.05, 0) is 0 Å². The number of carbonyl (C=O) groups is 1. The van der Waals surface area contributed by atoms with Crippen molar-refractivity contribution in [3.05, 3.63) is 12.7 Å². The minimum absolute atomic E-state index is 0.796. The molecule has 6 heteroatoms. The summed E-state index contributed by atoms with van der Waals surface area (Å²) in [5, 5.41) is 44.4. The van der Waals surface area contributed by atoms with Gasteiger partial charge in [-0.15, -0.1) is 6.58 Å². The van der Waals surface area contributed by atoms with Gasteiger partial charge in [0.2, 0.25) is 0 Å². The Morgan fingerprint density at radius 2 is 1.79 bits per heavy atom. The summed E-state index contributed by atoms with van der Waals surface area (Å²) in [7, 11) is 0. The number of hydrogen-bond donors (Lipinski definition) is 5. The Labute approximate surface area is 80.7 Å². The quantitative estimate of drug-likeness (QED) is 0.299. The lowest BCUT2D eigenvalue weighted by atomic mass is 10.0. The lowest BCUT2D eigenvalue weighted by Gasteiger charge is -2.21. The van der Waals surface area contributed by atoms with Crippen LogP contribution in [0.1, 0.15) is 0 Å². The highest BCUT2D eigenvalue weighted by Gasteiger charge is 2.32.